The van der Waals surface area contributed by atoms with Gasteiger partial charge in [0, 0.05) is 10.0 Å². The van der Waals surface area contributed by atoms with Crippen LogP contribution in [0.3, 0.4) is 0 Å². The number of rotatable bonds is 3. The predicted octanol–water partition coefficient (Wildman–Crippen LogP) is 3.89. The largest absolute Gasteiger partial charge is 0.487 e. The zero-order chi connectivity index (χ0) is 13.1. The van der Waals surface area contributed by atoms with Crippen LogP contribution in [-0.4, -0.2) is 0 Å². The topological polar surface area (TPSA) is 35.2 Å². The fourth-order valence-electron chi connectivity index (χ4n) is 1.46. The second-order valence-electron chi connectivity index (χ2n) is 3.71. The number of halogens is 3. The van der Waals surface area contributed by atoms with E-state index in [9.17, 15) is 8.78 Å². The van der Waals surface area contributed by atoms with E-state index < -0.39 is 11.6 Å². The summed E-state index contributed by atoms with van der Waals surface area (Å²) < 4.78 is 32.5. The minimum Gasteiger partial charge on any atom is -0.487 e. The molecule has 5 heteroatoms. The van der Waals surface area contributed by atoms with Gasteiger partial charge in [-0.2, -0.15) is 0 Å². The van der Waals surface area contributed by atoms with E-state index in [0.717, 1.165) is 22.7 Å². The molecule has 0 saturated heterocycles. The molecule has 0 heterocycles. The monoisotopic (exact) mass is 313 g/mol. The van der Waals surface area contributed by atoms with E-state index in [1.165, 1.54) is 0 Å². The van der Waals surface area contributed by atoms with Gasteiger partial charge in [0.2, 0.25) is 0 Å². The van der Waals surface area contributed by atoms with Gasteiger partial charge in [0.25, 0.3) is 0 Å². The molecule has 0 unspecified atom stereocenters. The van der Waals surface area contributed by atoms with Gasteiger partial charge in [-0.05, 0) is 36.4 Å². The minimum absolute atomic E-state index is 0.0740. The third-order valence-corrected chi connectivity index (χ3v) is 2.86. The van der Waals surface area contributed by atoms with Crippen molar-refractivity contribution >= 4 is 21.6 Å². The number of hydrogen-bond donors (Lipinski definition) is 1. The molecule has 2 rings (SSSR count). The fourth-order valence-corrected chi connectivity index (χ4v) is 1.84. The van der Waals surface area contributed by atoms with Crippen molar-refractivity contribution < 1.29 is 13.5 Å². The van der Waals surface area contributed by atoms with E-state index in [2.05, 4.69) is 15.9 Å². The first-order chi connectivity index (χ1) is 8.56. The highest BCUT2D eigenvalue weighted by atomic mass is 79.9. The van der Waals surface area contributed by atoms with E-state index in [-0.39, 0.29) is 12.2 Å². The van der Waals surface area contributed by atoms with Gasteiger partial charge in [-0.1, -0.05) is 15.9 Å². The van der Waals surface area contributed by atoms with Gasteiger partial charge in [0.1, 0.15) is 24.0 Å². The molecule has 0 amide bonds. The molecule has 0 radical (unpaired) electrons. The highest BCUT2D eigenvalue weighted by molar-refractivity contribution is 9.10. The Morgan fingerprint density at radius 3 is 2.61 bits per heavy atom. The van der Waals surface area contributed by atoms with Crippen LogP contribution in [0.5, 0.6) is 5.75 Å². The van der Waals surface area contributed by atoms with Crippen LogP contribution in [0.2, 0.25) is 0 Å². The molecule has 0 saturated carbocycles. The minimum atomic E-state index is -0.507. The molecule has 0 atom stereocenters. The van der Waals surface area contributed by atoms with Gasteiger partial charge in [0.15, 0.2) is 0 Å². The lowest BCUT2D eigenvalue weighted by Gasteiger charge is -2.09. The number of nitrogen functional groups attached to an aromatic ring is 1. The van der Waals surface area contributed by atoms with Crippen LogP contribution in [0.15, 0.2) is 40.9 Å². The molecule has 0 fully saturated rings. The van der Waals surface area contributed by atoms with Gasteiger partial charge in [-0.25, -0.2) is 8.78 Å². The van der Waals surface area contributed by atoms with Crippen LogP contribution in [0.25, 0.3) is 0 Å². The van der Waals surface area contributed by atoms with Crippen molar-refractivity contribution in [1.82, 2.24) is 0 Å². The van der Waals surface area contributed by atoms with E-state index >= 15 is 0 Å². The standard InChI is InChI=1S/C13H10BrF2NO/c14-9-1-4-13(12(17)6-9)18-7-8-5-10(15)2-3-11(8)16/h1-6H,7,17H2. The number of benzene rings is 2. The molecule has 2 N–H and O–H groups in total. The SMILES string of the molecule is Nc1cc(Br)ccc1OCc1cc(F)ccc1F. The molecule has 2 aromatic carbocycles. The third kappa shape index (κ3) is 2.98. The molecule has 0 spiro atoms. The Labute approximate surface area is 112 Å². The van der Waals surface area contributed by atoms with Gasteiger partial charge >= 0.3 is 0 Å². The Kier molecular flexibility index (Phi) is 3.81. The first-order valence-electron chi connectivity index (χ1n) is 5.18. The molecule has 0 aromatic heterocycles. The first-order valence-corrected chi connectivity index (χ1v) is 5.97. The lowest BCUT2D eigenvalue weighted by Crippen LogP contribution is -2.01. The van der Waals surface area contributed by atoms with E-state index in [4.69, 9.17) is 10.5 Å². The predicted molar refractivity (Wildman–Crippen MR) is 69.2 cm³/mol. The molecule has 18 heavy (non-hydrogen) atoms. The summed E-state index contributed by atoms with van der Waals surface area (Å²) in [5.74, 6) is -0.576. The summed E-state index contributed by atoms with van der Waals surface area (Å²) in [6.45, 7) is -0.0740. The first kappa shape index (κ1) is 12.8. The average Bonchev–Trinajstić information content (AvgIpc) is 2.32. The van der Waals surface area contributed by atoms with Crippen LogP contribution in [0, 0.1) is 11.6 Å². The maximum atomic E-state index is 13.4. The molecular weight excluding hydrogens is 304 g/mol. The summed E-state index contributed by atoms with van der Waals surface area (Å²) >= 11 is 3.27. The fraction of sp³-hybridized carbons (Fsp3) is 0.0769. The van der Waals surface area contributed by atoms with Crippen LogP contribution in [0.1, 0.15) is 5.56 Å². The summed E-state index contributed by atoms with van der Waals surface area (Å²) in [5, 5.41) is 0. The molecule has 0 bridgehead atoms. The Bertz CT molecular complexity index is 575. The molecule has 2 aromatic rings. The Hall–Kier alpha value is -1.62. The second-order valence-corrected chi connectivity index (χ2v) is 4.62. The van der Waals surface area contributed by atoms with Crippen LogP contribution in [-0.2, 0) is 6.61 Å². The molecule has 0 aliphatic rings. The normalized spacial score (nSPS) is 10.4. The zero-order valence-corrected chi connectivity index (χ0v) is 10.9. The molecular formula is C13H10BrF2NO. The highest BCUT2D eigenvalue weighted by Gasteiger charge is 2.06. The van der Waals surface area contributed by atoms with Crippen molar-refractivity contribution in [1.29, 1.82) is 0 Å². The number of ether oxygens (including phenoxy) is 1. The van der Waals surface area contributed by atoms with Gasteiger partial charge in [-0.15, -0.1) is 0 Å². The molecule has 0 aliphatic heterocycles. The number of anilines is 1. The van der Waals surface area contributed by atoms with Gasteiger partial charge in [0.05, 0.1) is 5.69 Å². The summed E-state index contributed by atoms with van der Waals surface area (Å²) in [7, 11) is 0. The van der Waals surface area contributed by atoms with Crippen molar-refractivity contribution in [3.63, 3.8) is 0 Å². The summed E-state index contributed by atoms with van der Waals surface area (Å²) in [6, 6.07) is 8.33. The lowest BCUT2D eigenvalue weighted by atomic mass is 10.2. The quantitative estimate of drug-likeness (QED) is 0.873. The summed E-state index contributed by atoms with van der Waals surface area (Å²) in [6.07, 6.45) is 0. The van der Waals surface area contributed by atoms with Crippen LogP contribution >= 0.6 is 15.9 Å². The maximum absolute atomic E-state index is 13.4. The van der Waals surface area contributed by atoms with Crippen molar-refractivity contribution in [2.75, 3.05) is 5.73 Å². The van der Waals surface area contributed by atoms with E-state index in [0.29, 0.717) is 11.4 Å². The summed E-state index contributed by atoms with van der Waals surface area (Å²) in [5.41, 5.74) is 6.31. The Balaban J connectivity index is 2.13. The van der Waals surface area contributed by atoms with Crippen LogP contribution < -0.4 is 10.5 Å². The van der Waals surface area contributed by atoms with Crippen molar-refractivity contribution in [2.24, 2.45) is 0 Å². The average molecular weight is 314 g/mol. The molecule has 2 nitrogen and oxygen atoms in total. The van der Waals surface area contributed by atoms with Crippen LogP contribution in [0.4, 0.5) is 14.5 Å². The lowest BCUT2D eigenvalue weighted by molar-refractivity contribution is 0.300. The van der Waals surface area contributed by atoms with Crippen molar-refractivity contribution in [3.8, 4) is 5.75 Å². The Morgan fingerprint density at radius 1 is 1.11 bits per heavy atom. The van der Waals surface area contributed by atoms with E-state index in [1.54, 1.807) is 18.2 Å². The van der Waals surface area contributed by atoms with Gasteiger partial charge in [-0.3, -0.25) is 0 Å². The van der Waals surface area contributed by atoms with Gasteiger partial charge < -0.3 is 10.5 Å². The van der Waals surface area contributed by atoms with E-state index in [1.807, 2.05) is 0 Å². The smallest absolute Gasteiger partial charge is 0.142 e. The zero-order valence-electron chi connectivity index (χ0n) is 9.29. The second kappa shape index (κ2) is 5.35. The van der Waals surface area contributed by atoms with Crippen molar-refractivity contribution in [2.45, 2.75) is 6.61 Å². The number of hydrogen-bond acceptors (Lipinski definition) is 2. The molecule has 94 valence electrons. The van der Waals surface area contributed by atoms with Crippen molar-refractivity contribution in [3.05, 3.63) is 58.1 Å². The third-order valence-electron chi connectivity index (χ3n) is 2.36. The highest BCUT2D eigenvalue weighted by Crippen LogP contribution is 2.26. The number of nitrogens with two attached hydrogens (primary N) is 1. The summed E-state index contributed by atoms with van der Waals surface area (Å²) in [4.78, 5) is 0. The molecule has 0 aliphatic carbocycles. The maximum Gasteiger partial charge on any atom is 0.142 e. The Morgan fingerprint density at radius 2 is 1.89 bits per heavy atom.